The number of carboxylic acids is 1. The van der Waals surface area contributed by atoms with E-state index in [1.807, 2.05) is 32.0 Å². The molecule has 5 nitrogen and oxygen atoms in total. The van der Waals surface area contributed by atoms with Gasteiger partial charge >= 0.3 is 5.97 Å². The van der Waals surface area contributed by atoms with Crippen LogP contribution in [0.25, 0.3) is 0 Å². The van der Waals surface area contributed by atoms with Gasteiger partial charge < -0.3 is 15.2 Å². The van der Waals surface area contributed by atoms with Gasteiger partial charge in [0.15, 0.2) is 0 Å². The molecule has 2 N–H and O–H groups in total. The average Bonchev–Trinajstić information content (AvgIpc) is 2.47. The predicted octanol–water partition coefficient (Wildman–Crippen LogP) is 4.43. The Morgan fingerprint density at radius 3 is 2.43 bits per heavy atom. The van der Waals surface area contributed by atoms with Crippen molar-refractivity contribution < 1.29 is 14.6 Å². The van der Waals surface area contributed by atoms with Gasteiger partial charge in [0.1, 0.15) is 11.6 Å². The minimum atomic E-state index is -0.988. The Morgan fingerprint density at radius 2 is 1.91 bits per heavy atom. The number of carboxylic acid groups (broad SMARTS) is 1. The lowest BCUT2D eigenvalue weighted by Crippen LogP contribution is -2.08. The molecule has 0 aliphatic heterocycles. The summed E-state index contributed by atoms with van der Waals surface area (Å²) < 4.78 is 5.90. The van der Waals surface area contributed by atoms with Gasteiger partial charge in [-0.3, -0.25) is 0 Å². The summed E-state index contributed by atoms with van der Waals surface area (Å²) in [6.45, 7) is 8.25. The molecule has 0 amide bonds. The zero-order valence-corrected chi connectivity index (χ0v) is 13.8. The summed E-state index contributed by atoms with van der Waals surface area (Å²) in [6, 6.07) is 9.11. The number of aromatic nitrogens is 1. The van der Waals surface area contributed by atoms with Crippen LogP contribution in [0.5, 0.6) is 5.75 Å². The SMILES string of the molecule is CC(C)Oc1cc(Nc2ccc(C(=O)O)cn2)ccc1C(C)C. The number of pyridine rings is 1. The van der Waals surface area contributed by atoms with Crippen molar-refractivity contribution in [2.45, 2.75) is 39.7 Å². The molecule has 0 saturated carbocycles. The average molecular weight is 314 g/mol. The maximum absolute atomic E-state index is 10.8. The van der Waals surface area contributed by atoms with Crippen molar-refractivity contribution >= 4 is 17.5 Å². The molecule has 0 unspecified atom stereocenters. The summed E-state index contributed by atoms with van der Waals surface area (Å²) in [5.41, 5.74) is 2.16. The van der Waals surface area contributed by atoms with Gasteiger partial charge in [-0.2, -0.15) is 0 Å². The Balaban J connectivity index is 2.24. The summed E-state index contributed by atoms with van der Waals surface area (Å²) in [7, 11) is 0. The number of hydrogen-bond acceptors (Lipinski definition) is 4. The molecule has 122 valence electrons. The second kappa shape index (κ2) is 7.13. The lowest BCUT2D eigenvalue weighted by molar-refractivity contribution is 0.0696. The highest BCUT2D eigenvalue weighted by atomic mass is 16.5. The van der Waals surface area contributed by atoms with E-state index in [9.17, 15) is 4.79 Å². The Labute approximate surface area is 136 Å². The van der Waals surface area contributed by atoms with Crippen LogP contribution in [0.4, 0.5) is 11.5 Å². The van der Waals surface area contributed by atoms with E-state index in [1.165, 1.54) is 12.3 Å². The number of ether oxygens (including phenoxy) is 1. The molecule has 0 radical (unpaired) electrons. The summed E-state index contributed by atoms with van der Waals surface area (Å²) in [6.07, 6.45) is 1.43. The molecular weight excluding hydrogens is 292 g/mol. The number of nitrogens with one attached hydrogen (secondary N) is 1. The van der Waals surface area contributed by atoms with Gasteiger partial charge in [0.05, 0.1) is 11.7 Å². The van der Waals surface area contributed by atoms with Crippen LogP contribution in [-0.2, 0) is 0 Å². The largest absolute Gasteiger partial charge is 0.491 e. The van der Waals surface area contributed by atoms with Gasteiger partial charge in [-0.1, -0.05) is 19.9 Å². The van der Waals surface area contributed by atoms with E-state index in [2.05, 4.69) is 24.1 Å². The van der Waals surface area contributed by atoms with E-state index >= 15 is 0 Å². The highest BCUT2D eigenvalue weighted by molar-refractivity contribution is 5.87. The van der Waals surface area contributed by atoms with Crippen molar-refractivity contribution in [2.24, 2.45) is 0 Å². The van der Waals surface area contributed by atoms with Crippen molar-refractivity contribution in [2.75, 3.05) is 5.32 Å². The summed E-state index contributed by atoms with van der Waals surface area (Å²) in [5.74, 6) is 0.814. The quantitative estimate of drug-likeness (QED) is 0.825. The standard InChI is InChI=1S/C18H22N2O3/c1-11(2)15-7-6-14(9-16(15)23-12(3)4)20-17-8-5-13(10-19-17)18(21)22/h5-12H,1-4H3,(H,19,20)(H,21,22). The molecule has 5 heteroatoms. The molecule has 1 aromatic heterocycles. The Hall–Kier alpha value is -2.56. The maximum atomic E-state index is 10.8. The first-order valence-electron chi connectivity index (χ1n) is 7.63. The first-order chi connectivity index (χ1) is 10.9. The van der Waals surface area contributed by atoms with Crippen LogP contribution in [0.15, 0.2) is 36.5 Å². The zero-order valence-electron chi connectivity index (χ0n) is 13.8. The molecule has 0 fully saturated rings. The molecule has 0 atom stereocenters. The number of benzene rings is 1. The molecule has 2 aromatic rings. The maximum Gasteiger partial charge on any atom is 0.337 e. The van der Waals surface area contributed by atoms with Crippen molar-refractivity contribution in [1.29, 1.82) is 0 Å². The number of carbonyl (C=O) groups is 1. The first kappa shape index (κ1) is 16.8. The number of nitrogens with zero attached hydrogens (tertiary/aromatic N) is 1. The fourth-order valence-electron chi connectivity index (χ4n) is 2.19. The van der Waals surface area contributed by atoms with Gasteiger partial charge in [-0.05, 0) is 43.5 Å². The van der Waals surface area contributed by atoms with Gasteiger partial charge in [0.2, 0.25) is 0 Å². The Kier molecular flexibility index (Phi) is 5.21. The summed E-state index contributed by atoms with van der Waals surface area (Å²) in [5, 5.41) is 12.1. The van der Waals surface area contributed by atoms with E-state index in [1.54, 1.807) is 6.07 Å². The number of anilines is 2. The van der Waals surface area contributed by atoms with Crippen molar-refractivity contribution in [3.63, 3.8) is 0 Å². The molecule has 0 spiro atoms. The van der Waals surface area contributed by atoms with Crippen LogP contribution in [0.1, 0.15) is 49.5 Å². The minimum Gasteiger partial charge on any atom is -0.491 e. The van der Waals surface area contributed by atoms with E-state index in [4.69, 9.17) is 9.84 Å². The van der Waals surface area contributed by atoms with Crippen LogP contribution in [0.3, 0.4) is 0 Å². The van der Waals surface area contributed by atoms with Crippen LogP contribution >= 0.6 is 0 Å². The normalized spacial score (nSPS) is 10.9. The molecule has 0 bridgehead atoms. The number of rotatable bonds is 6. The second-order valence-corrected chi connectivity index (χ2v) is 5.94. The van der Waals surface area contributed by atoms with Gasteiger partial charge in [-0.15, -0.1) is 0 Å². The van der Waals surface area contributed by atoms with Crippen molar-refractivity contribution in [1.82, 2.24) is 4.98 Å². The highest BCUT2D eigenvalue weighted by Crippen LogP contribution is 2.31. The van der Waals surface area contributed by atoms with E-state index < -0.39 is 5.97 Å². The highest BCUT2D eigenvalue weighted by Gasteiger charge is 2.11. The summed E-state index contributed by atoms with van der Waals surface area (Å²) in [4.78, 5) is 15.0. The number of aromatic carboxylic acids is 1. The fourth-order valence-corrected chi connectivity index (χ4v) is 2.19. The second-order valence-electron chi connectivity index (χ2n) is 5.94. The van der Waals surface area contributed by atoms with Gasteiger partial charge in [0.25, 0.3) is 0 Å². The molecular formula is C18H22N2O3. The fraction of sp³-hybridized carbons (Fsp3) is 0.333. The van der Waals surface area contributed by atoms with Gasteiger partial charge in [-0.25, -0.2) is 9.78 Å². The Morgan fingerprint density at radius 1 is 1.17 bits per heavy atom. The molecule has 23 heavy (non-hydrogen) atoms. The lowest BCUT2D eigenvalue weighted by Gasteiger charge is -2.18. The molecule has 2 rings (SSSR count). The van der Waals surface area contributed by atoms with Crippen molar-refractivity contribution in [3.8, 4) is 5.75 Å². The first-order valence-corrected chi connectivity index (χ1v) is 7.63. The number of hydrogen-bond donors (Lipinski definition) is 2. The third kappa shape index (κ3) is 4.45. The van der Waals surface area contributed by atoms with Crippen LogP contribution in [-0.4, -0.2) is 22.2 Å². The van der Waals surface area contributed by atoms with E-state index in [-0.39, 0.29) is 11.7 Å². The van der Waals surface area contributed by atoms with Crippen LogP contribution < -0.4 is 10.1 Å². The monoisotopic (exact) mass is 314 g/mol. The molecule has 1 aromatic carbocycles. The zero-order chi connectivity index (χ0) is 17.0. The minimum absolute atomic E-state index is 0.0933. The molecule has 0 aliphatic carbocycles. The van der Waals surface area contributed by atoms with Crippen molar-refractivity contribution in [3.05, 3.63) is 47.7 Å². The molecule has 0 aliphatic rings. The lowest BCUT2D eigenvalue weighted by atomic mass is 10.0. The van der Waals surface area contributed by atoms with Crippen LogP contribution in [0, 0.1) is 0 Å². The van der Waals surface area contributed by atoms with Crippen LogP contribution in [0.2, 0.25) is 0 Å². The molecule has 0 saturated heterocycles. The predicted molar refractivity (Wildman–Crippen MR) is 90.8 cm³/mol. The molecule has 1 heterocycles. The third-order valence-electron chi connectivity index (χ3n) is 3.28. The van der Waals surface area contributed by atoms with E-state index in [0.29, 0.717) is 11.7 Å². The summed E-state index contributed by atoms with van der Waals surface area (Å²) >= 11 is 0. The van der Waals surface area contributed by atoms with E-state index in [0.717, 1.165) is 17.0 Å². The smallest absolute Gasteiger partial charge is 0.337 e. The third-order valence-corrected chi connectivity index (χ3v) is 3.28. The topological polar surface area (TPSA) is 71.5 Å². The van der Waals surface area contributed by atoms with Gasteiger partial charge in [0, 0.05) is 18.0 Å². The Bertz CT molecular complexity index is 679.